The van der Waals surface area contributed by atoms with Crippen LogP contribution in [0.4, 0.5) is 0 Å². The maximum absolute atomic E-state index is 6.35. The molecule has 1 N–H and O–H groups in total. The molecule has 120 valence electrons. The highest BCUT2D eigenvalue weighted by atomic mass is 79.9. The molecule has 1 atom stereocenters. The molecule has 1 unspecified atom stereocenters. The van der Waals surface area contributed by atoms with Crippen LogP contribution in [0.2, 0.25) is 0 Å². The number of hydrogen-bond acceptors (Lipinski definition) is 2. The van der Waals surface area contributed by atoms with Crippen molar-refractivity contribution >= 4 is 26.8 Å². The van der Waals surface area contributed by atoms with Crippen molar-refractivity contribution in [3.8, 4) is 5.75 Å². The molecule has 3 aromatic rings. The number of hydrogen-bond donors (Lipinski definition) is 1. The first-order valence-corrected chi connectivity index (χ1v) is 8.64. The van der Waals surface area contributed by atoms with Crippen LogP contribution in [-0.2, 0) is 6.42 Å². The van der Waals surface area contributed by atoms with E-state index in [-0.39, 0.29) is 6.23 Å². The quantitative estimate of drug-likeness (QED) is 0.627. The van der Waals surface area contributed by atoms with E-state index in [2.05, 4.69) is 76.2 Å². The van der Waals surface area contributed by atoms with Gasteiger partial charge in [0, 0.05) is 28.0 Å². The fourth-order valence-electron chi connectivity index (χ4n) is 2.62. The third-order valence-corrected chi connectivity index (χ3v) is 4.61. The van der Waals surface area contributed by atoms with E-state index in [0.29, 0.717) is 0 Å². The summed E-state index contributed by atoms with van der Waals surface area (Å²) in [7, 11) is 2.10. The summed E-state index contributed by atoms with van der Waals surface area (Å²) in [4.78, 5) is 5.50. The molecule has 0 radical (unpaired) electrons. The Morgan fingerprint density at radius 3 is 2.70 bits per heavy atom. The van der Waals surface area contributed by atoms with Crippen LogP contribution in [0.15, 0.2) is 59.2 Å². The summed E-state index contributed by atoms with van der Waals surface area (Å²) >= 11 is 3.53. The molecule has 0 fully saturated rings. The zero-order chi connectivity index (χ0) is 16.2. The molecule has 0 amide bonds. The fourth-order valence-corrected chi connectivity index (χ4v) is 2.98. The molecule has 3 rings (SSSR count). The molecule has 0 bridgehead atoms. The highest BCUT2D eigenvalue weighted by Gasteiger charge is 2.18. The average Bonchev–Trinajstić information content (AvgIpc) is 2.96. The van der Waals surface area contributed by atoms with E-state index in [9.17, 15) is 0 Å². The molecule has 0 aliphatic rings. The normalized spacial score (nSPS) is 12.7. The predicted octanol–water partition coefficient (Wildman–Crippen LogP) is 4.83. The van der Waals surface area contributed by atoms with Crippen LogP contribution in [0.3, 0.4) is 0 Å². The largest absolute Gasteiger partial charge is 0.473 e. The van der Waals surface area contributed by atoms with Gasteiger partial charge in [-0.1, -0.05) is 53.2 Å². The lowest BCUT2D eigenvalue weighted by Crippen LogP contribution is -2.38. The summed E-state index contributed by atoms with van der Waals surface area (Å²) in [5.41, 5.74) is 2.36. The van der Waals surface area contributed by atoms with Gasteiger partial charge in [0.2, 0.25) is 0 Å². The lowest BCUT2D eigenvalue weighted by atomic mass is 10.1. The van der Waals surface area contributed by atoms with Crippen molar-refractivity contribution < 1.29 is 4.74 Å². The minimum Gasteiger partial charge on any atom is -0.473 e. The number of aromatic nitrogens is 1. The summed E-state index contributed by atoms with van der Waals surface area (Å²) < 4.78 is 7.41. The number of likely N-dealkylation sites (N-methyl/N-ethyl adjacent to an activating group) is 1. The Kier molecular flexibility index (Phi) is 5.03. The number of aromatic amines is 1. The van der Waals surface area contributed by atoms with Crippen molar-refractivity contribution in [2.24, 2.45) is 0 Å². The number of nitrogens with zero attached hydrogens (tertiary/aromatic N) is 1. The zero-order valence-corrected chi connectivity index (χ0v) is 15.0. The monoisotopic (exact) mass is 372 g/mol. The highest BCUT2D eigenvalue weighted by molar-refractivity contribution is 9.10. The molecular formula is C19H21BrN2O. The van der Waals surface area contributed by atoms with Gasteiger partial charge in [0.25, 0.3) is 0 Å². The summed E-state index contributed by atoms with van der Waals surface area (Å²) in [6.45, 7) is 3.08. The van der Waals surface area contributed by atoms with Crippen LogP contribution < -0.4 is 4.74 Å². The topological polar surface area (TPSA) is 28.3 Å². The highest BCUT2D eigenvalue weighted by Crippen LogP contribution is 2.29. The molecule has 0 saturated carbocycles. The Balaban J connectivity index is 1.86. The van der Waals surface area contributed by atoms with Gasteiger partial charge in [-0.15, -0.1) is 0 Å². The van der Waals surface area contributed by atoms with Gasteiger partial charge in [-0.05, 0) is 37.4 Å². The lowest BCUT2D eigenvalue weighted by Gasteiger charge is -2.27. The number of ether oxygens (including phenoxy) is 1. The third-order valence-electron chi connectivity index (χ3n) is 4.11. The third kappa shape index (κ3) is 3.77. The number of nitrogens with one attached hydrogen (secondary N) is 1. The van der Waals surface area contributed by atoms with Gasteiger partial charge < -0.3 is 9.72 Å². The molecule has 0 aliphatic carbocycles. The van der Waals surface area contributed by atoms with E-state index in [1.165, 1.54) is 5.56 Å². The first-order valence-electron chi connectivity index (χ1n) is 7.85. The standard InChI is InChI=1S/C19H21BrN2O/c1-3-22(2)19(11-14-7-5-4-6-8-14)23-18-13-21-17-10-9-15(20)12-16(17)18/h4-10,12-13,19,21H,3,11H2,1-2H3. The van der Waals surface area contributed by atoms with Crippen molar-refractivity contribution in [2.75, 3.05) is 13.6 Å². The van der Waals surface area contributed by atoms with Gasteiger partial charge in [0.15, 0.2) is 6.23 Å². The van der Waals surface area contributed by atoms with E-state index in [1.807, 2.05) is 18.3 Å². The fraction of sp³-hybridized carbons (Fsp3) is 0.263. The number of benzene rings is 2. The Morgan fingerprint density at radius 1 is 1.17 bits per heavy atom. The first-order chi connectivity index (χ1) is 11.2. The van der Waals surface area contributed by atoms with Crippen LogP contribution in [0, 0.1) is 0 Å². The maximum atomic E-state index is 6.35. The second-order valence-electron chi connectivity index (χ2n) is 5.68. The van der Waals surface area contributed by atoms with Crippen molar-refractivity contribution in [1.82, 2.24) is 9.88 Å². The smallest absolute Gasteiger partial charge is 0.156 e. The second kappa shape index (κ2) is 7.20. The second-order valence-corrected chi connectivity index (χ2v) is 6.59. The molecule has 1 heterocycles. The average molecular weight is 373 g/mol. The molecule has 0 saturated heterocycles. The van der Waals surface area contributed by atoms with Gasteiger partial charge in [-0.25, -0.2) is 0 Å². The Labute approximate surface area is 145 Å². The van der Waals surface area contributed by atoms with Gasteiger partial charge in [0.1, 0.15) is 5.75 Å². The van der Waals surface area contributed by atoms with Crippen molar-refractivity contribution in [1.29, 1.82) is 0 Å². The summed E-state index contributed by atoms with van der Waals surface area (Å²) in [6.07, 6.45) is 2.80. The Morgan fingerprint density at radius 2 is 1.96 bits per heavy atom. The van der Waals surface area contributed by atoms with Gasteiger partial charge in [-0.2, -0.15) is 0 Å². The van der Waals surface area contributed by atoms with Crippen LogP contribution in [0.25, 0.3) is 10.9 Å². The molecule has 0 spiro atoms. The van der Waals surface area contributed by atoms with Crippen LogP contribution >= 0.6 is 15.9 Å². The van der Waals surface area contributed by atoms with Crippen molar-refractivity contribution in [3.63, 3.8) is 0 Å². The van der Waals surface area contributed by atoms with Gasteiger partial charge in [0.05, 0.1) is 0 Å². The Bertz CT molecular complexity index is 769. The molecule has 2 aromatic carbocycles. The minimum atomic E-state index is 0.000353. The molecular weight excluding hydrogens is 352 g/mol. The van der Waals surface area contributed by atoms with Gasteiger partial charge in [-0.3, -0.25) is 4.90 Å². The number of rotatable bonds is 6. The first kappa shape index (κ1) is 16.1. The summed E-state index contributed by atoms with van der Waals surface area (Å²) in [5, 5.41) is 1.10. The SMILES string of the molecule is CCN(C)C(Cc1ccccc1)Oc1c[nH]c2ccc(Br)cc12. The van der Waals surface area contributed by atoms with E-state index >= 15 is 0 Å². The zero-order valence-electron chi connectivity index (χ0n) is 13.4. The van der Waals surface area contributed by atoms with E-state index < -0.39 is 0 Å². The predicted molar refractivity (Wildman–Crippen MR) is 98.9 cm³/mol. The summed E-state index contributed by atoms with van der Waals surface area (Å²) in [6, 6.07) is 16.6. The lowest BCUT2D eigenvalue weighted by molar-refractivity contribution is 0.0506. The molecule has 23 heavy (non-hydrogen) atoms. The number of H-pyrrole nitrogens is 1. The van der Waals surface area contributed by atoms with E-state index in [0.717, 1.165) is 34.1 Å². The minimum absolute atomic E-state index is 0.000353. The molecule has 4 heteroatoms. The van der Waals surface area contributed by atoms with E-state index in [1.54, 1.807) is 0 Å². The van der Waals surface area contributed by atoms with Gasteiger partial charge >= 0.3 is 0 Å². The van der Waals surface area contributed by atoms with Crippen LogP contribution in [0.1, 0.15) is 12.5 Å². The van der Waals surface area contributed by atoms with Crippen LogP contribution in [-0.4, -0.2) is 29.7 Å². The molecule has 3 nitrogen and oxygen atoms in total. The molecule has 1 aromatic heterocycles. The van der Waals surface area contributed by atoms with Crippen molar-refractivity contribution in [2.45, 2.75) is 19.6 Å². The summed E-state index contributed by atoms with van der Waals surface area (Å²) in [5.74, 6) is 0.891. The van der Waals surface area contributed by atoms with Crippen LogP contribution in [0.5, 0.6) is 5.75 Å². The maximum Gasteiger partial charge on any atom is 0.156 e. The number of halogens is 1. The number of fused-ring (bicyclic) bond motifs is 1. The van der Waals surface area contributed by atoms with E-state index in [4.69, 9.17) is 4.74 Å². The van der Waals surface area contributed by atoms with Crippen molar-refractivity contribution in [3.05, 3.63) is 64.8 Å². The Hall–Kier alpha value is -1.78. The molecule has 0 aliphatic heterocycles.